The van der Waals surface area contributed by atoms with Gasteiger partial charge in [0, 0.05) is 0 Å². The molecule has 0 aliphatic carbocycles. The lowest BCUT2D eigenvalue weighted by Crippen LogP contribution is -2.27. The van der Waals surface area contributed by atoms with Crippen molar-refractivity contribution in [1.29, 1.82) is 0 Å². The summed E-state index contributed by atoms with van der Waals surface area (Å²) in [7, 11) is 8.50. The highest BCUT2D eigenvalue weighted by molar-refractivity contribution is 3.87. The first-order valence-corrected chi connectivity index (χ1v) is 1.79. The van der Waals surface area contributed by atoms with Crippen molar-refractivity contribution < 1.29 is 42.8 Å². The van der Waals surface area contributed by atoms with Crippen molar-refractivity contribution in [2.24, 2.45) is 0 Å². The summed E-state index contributed by atoms with van der Waals surface area (Å²) in [6.07, 6.45) is 0. The molecule has 0 bridgehead atoms. The summed E-state index contributed by atoms with van der Waals surface area (Å²) in [6, 6.07) is 0. The van der Waals surface area contributed by atoms with Crippen LogP contribution in [0.25, 0.3) is 0 Å². The van der Waals surface area contributed by atoms with Crippen LogP contribution in [0.4, 0.5) is 0 Å². The van der Waals surface area contributed by atoms with Crippen molar-refractivity contribution in [2.75, 3.05) is 28.2 Å². The number of nitrogens with zero attached hydrogens (tertiary/aromatic N) is 1. The molecule has 16 N–H and O–H groups in total. The van der Waals surface area contributed by atoms with Gasteiger partial charge in [-0.1, -0.05) is 0 Å². The minimum atomic E-state index is 0. The maximum Gasteiger partial charge on any atom is 0.0675 e. The van der Waals surface area contributed by atoms with E-state index in [0.717, 1.165) is 4.48 Å². The van der Waals surface area contributed by atoms with Crippen molar-refractivity contribution in [1.82, 2.24) is 6.15 Å². The normalized spacial score (nSPS) is 4.62. The molecule has 0 aliphatic rings. The van der Waals surface area contributed by atoms with E-state index in [9.17, 15) is 0 Å². The zero-order valence-electron chi connectivity index (χ0n) is 8.60. The fourth-order valence-electron chi connectivity index (χ4n) is 0. The van der Waals surface area contributed by atoms with E-state index >= 15 is 0 Å². The Hall–Kier alpha value is -0.360. The van der Waals surface area contributed by atoms with Gasteiger partial charge in [0.05, 0.1) is 28.2 Å². The zero-order valence-corrected chi connectivity index (χ0v) is 8.60. The second kappa shape index (κ2) is 41.4. The number of hydrogen-bond donors (Lipinski definition) is 1. The van der Waals surface area contributed by atoms with Crippen LogP contribution in [0.3, 0.4) is 0 Å². The molecule has 0 radical (unpaired) electrons. The molecule has 0 aromatic rings. The lowest BCUT2D eigenvalue weighted by Gasteiger charge is -2.14. The maximum absolute atomic E-state index is 2.12. The molecule has 0 heterocycles. The molecule has 96 valence electrons. The van der Waals surface area contributed by atoms with E-state index in [1.165, 1.54) is 0 Å². The van der Waals surface area contributed by atoms with Crippen LogP contribution in [-0.2, 0) is 0 Å². The van der Waals surface area contributed by atoms with Gasteiger partial charge in [0.25, 0.3) is 0 Å². The minimum absolute atomic E-state index is 0. The molecule has 0 saturated carbocycles. The molecule has 0 saturated heterocycles. The molecule has 0 atom stereocenters. The van der Waals surface area contributed by atoms with E-state index in [2.05, 4.69) is 28.2 Å². The van der Waals surface area contributed by atoms with Crippen LogP contribution in [-0.4, -0.2) is 71.0 Å². The molecule has 0 aliphatic heterocycles. The Bertz CT molecular complexity index is 34.0. The van der Waals surface area contributed by atoms with Gasteiger partial charge in [0.2, 0.25) is 0 Å². The van der Waals surface area contributed by atoms with Crippen LogP contribution < -0.4 is 6.15 Å². The Morgan fingerprint density at radius 1 is 0.538 bits per heavy atom. The van der Waals surface area contributed by atoms with Gasteiger partial charge in [-0.25, -0.2) is 0 Å². The Kier molecular flexibility index (Phi) is 412. The summed E-state index contributed by atoms with van der Waals surface area (Å²) < 4.78 is 1.00. The third kappa shape index (κ3) is 8350. The maximum atomic E-state index is 2.12. The molecule has 9 heteroatoms. The highest BCUT2D eigenvalue weighted by Crippen LogP contribution is 1.73. The molecular weight excluding hydrogens is 188 g/mol. The van der Waals surface area contributed by atoms with Gasteiger partial charge in [-0.2, -0.15) is 0 Å². The number of hydrogen-bond acceptors (Lipinski definition) is 2. The second-order valence-corrected chi connectivity index (χ2v) is 2.68. The highest BCUT2D eigenvalue weighted by Gasteiger charge is 1.88. The van der Waals surface area contributed by atoms with Crippen LogP contribution in [0.1, 0.15) is 0 Å². The van der Waals surface area contributed by atoms with Gasteiger partial charge in [0.15, 0.2) is 0 Å². The standard InChI is InChI=1S/C4H12N.H3N.7H2O/c1-5(2,3)4;;;;;;;;/h1-4H3;1H3;7*1H2/q+1;;;;;;;;/p-1. The molecule has 9 nitrogen and oxygen atoms in total. The molecule has 0 aromatic carbocycles. The van der Waals surface area contributed by atoms with Gasteiger partial charge < -0.3 is 49.0 Å². The first-order chi connectivity index (χ1) is 2.00. The SMILES string of the molecule is C[N+](C)(C)C.N.O.O.O.O.O.O.[OH-]. The molecule has 0 fully saturated rings. The van der Waals surface area contributed by atoms with E-state index in [-0.39, 0.29) is 44.5 Å². The first kappa shape index (κ1) is 129. The lowest BCUT2D eigenvalue weighted by molar-refractivity contribution is -0.849. The summed E-state index contributed by atoms with van der Waals surface area (Å²) in [5.41, 5.74) is 0. The quantitative estimate of drug-likeness (QED) is 0.391. The van der Waals surface area contributed by atoms with E-state index in [1.54, 1.807) is 0 Å². The topological polar surface area (TPSA) is 254 Å². The fraction of sp³-hybridized carbons (Fsp3) is 1.00. The Labute approximate surface area is 78.3 Å². The average molecular weight is 216 g/mol. The van der Waals surface area contributed by atoms with Crippen LogP contribution >= 0.6 is 0 Å². The van der Waals surface area contributed by atoms with Crippen molar-refractivity contribution in [3.05, 3.63) is 0 Å². The predicted octanol–water partition coefficient (Wildman–Crippen LogP) is -4.64. The van der Waals surface area contributed by atoms with E-state index in [4.69, 9.17) is 0 Å². The smallest absolute Gasteiger partial charge is 0.0675 e. The molecule has 0 rings (SSSR count). The molecule has 13 heavy (non-hydrogen) atoms. The molecule has 0 unspecified atom stereocenters. The Balaban J connectivity index is -0.00000000286. The van der Waals surface area contributed by atoms with Crippen LogP contribution in [0, 0.1) is 0 Å². The molecule has 0 aromatic heterocycles. The third-order valence-corrected chi connectivity index (χ3v) is 0. The van der Waals surface area contributed by atoms with E-state index in [1.807, 2.05) is 0 Å². The fourth-order valence-corrected chi connectivity index (χ4v) is 0. The zero-order chi connectivity index (χ0) is 4.50. The first-order valence-electron chi connectivity index (χ1n) is 1.79. The summed E-state index contributed by atoms with van der Waals surface area (Å²) in [4.78, 5) is 0. The van der Waals surface area contributed by atoms with E-state index in [0.29, 0.717) is 0 Å². The van der Waals surface area contributed by atoms with Crippen molar-refractivity contribution >= 4 is 0 Å². The van der Waals surface area contributed by atoms with Crippen molar-refractivity contribution in [2.45, 2.75) is 0 Å². The molecule has 0 spiro atoms. The predicted molar refractivity (Wildman–Crippen MR) is 52.6 cm³/mol. The summed E-state index contributed by atoms with van der Waals surface area (Å²) in [5, 5.41) is 0. The van der Waals surface area contributed by atoms with Crippen LogP contribution in [0.5, 0.6) is 0 Å². The van der Waals surface area contributed by atoms with Gasteiger partial charge in [-0.3, -0.25) is 0 Å². The second-order valence-electron chi connectivity index (χ2n) is 2.68. The molecular formula is C4H28N2O7. The van der Waals surface area contributed by atoms with Crippen LogP contribution in [0.15, 0.2) is 0 Å². The monoisotopic (exact) mass is 216 g/mol. The largest absolute Gasteiger partial charge is 0.870 e. The summed E-state index contributed by atoms with van der Waals surface area (Å²) in [6.45, 7) is 0. The van der Waals surface area contributed by atoms with Crippen LogP contribution in [0.2, 0.25) is 0 Å². The van der Waals surface area contributed by atoms with Crippen molar-refractivity contribution in [3.63, 3.8) is 0 Å². The number of quaternary nitrogens is 1. The summed E-state index contributed by atoms with van der Waals surface area (Å²) >= 11 is 0. The third-order valence-electron chi connectivity index (χ3n) is 0. The van der Waals surface area contributed by atoms with Gasteiger partial charge >= 0.3 is 0 Å². The van der Waals surface area contributed by atoms with Gasteiger partial charge in [-0.15, -0.1) is 0 Å². The van der Waals surface area contributed by atoms with Crippen molar-refractivity contribution in [3.8, 4) is 0 Å². The van der Waals surface area contributed by atoms with Gasteiger partial charge in [-0.05, 0) is 0 Å². The van der Waals surface area contributed by atoms with E-state index < -0.39 is 0 Å². The lowest BCUT2D eigenvalue weighted by atomic mass is 10.8. The highest BCUT2D eigenvalue weighted by atomic mass is 16.0. The number of rotatable bonds is 0. The Morgan fingerprint density at radius 2 is 0.538 bits per heavy atom. The Morgan fingerprint density at radius 3 is 0.538 bits per heavy atom. The average Bonchev–Trinajstić information content (AvgIpc) is 0.722. The minimum Gasteiger partial charge on any atom is -0.870 e. The van der Waals surface area contributed by atoms with Gasteiger partial charge in [0.1, 0.15) is 0 Å². The molecule has 0 amide bonds. The summed E-state index contributed by atoms with van der Waals surface area (Å²) in [5.74, 6) is 0.